The lowest BCUT2D eigenvalue weighted by Crippen LogP contribution is -2.36. The first-order valence-corrected chi connectivity index (χ1v) is 8.60. The second kappa shape index (κ2) is 7.70. The molecule has 3 rings (SSSR count). The van der Waals surface area contributed by atoms with Crippen LogP contribution in [0.15, 0.2) is 48.7 Å². The van der Waals surface area contributed by atoms with E-state index < -0.39 is 17.7 Å². The van der Waals surface area contributed by atoms with Crippen molar-refractivity contribution in [2.75, 3.05) is 7.05 Å². The van der Waals surface area contributed by atoms with Crippen molar-refractivity contribution in [3.63, 3.8) is 0 Å². The number of fused-ring (bicyclic) bond motifs is 1. The molecule has 4 nitrogen and oxygen atoms in total. The Bertz CT molecular complexity index is 911. The van der Waals surface area contributed by atoms with Crippen molar-refractivity contribution in [2.24, 2.45) is 0 Å². The number of halogens is 2. The van der Waals surface area contributed by atoms with Gasteiger partial charge in [0.1, 0.15) is 11.6 Å². The fraction of sp³-hybridized carbons (Fsp3) is 0.238. The van der Waals surface area contributed by atoms with Gasteiger partial charge in [0, 0.05) is 38.3 Å². The Kier molecular flexibility index (Phi) is 5.35. The lowest BCUT2D eigenvalue weighted by Gasteiger charge is -2.33. The molecule has 1 unspecified atom stereocenters. The Labute approximate surface area is 156 Å². The van der Waals surface area contributed by atoms with Crippen LogP contribution in [-0.2, 0) is 16.1 Å². The number of carbonyl (C=O) groups excluding carboxylic acids is 2. The van der Waals surface area contributed by atoms with Crippen molar-refractivity contribution >= 4 is 17.9 Å². The Hall–Kier alpha value is -3.02. The molecule has 0 bridgehead atoms. The highest BCUT2D eigenvalue weighted by Gasteiger charge is 2.29. The Morgan fingerprint density at radius 1 is 1.15 bits per heavy atom. The summed E-state index contributed by atoms with van der Waals surface area (Å²) >= 11 is 0. The molecule has 0 aromatic heterocycles. The standard InChI is InChI=1S/C21H20F2N2O2/c1-14(26)25-10-9-15-5-3-4-6-18(15)20(25)12-21(27)24(2)13-16-7-8-17(22)11-19(16)23/h3-11,20H,12-13H2,1-2H3. The van der Waals surface area contributed by atoms with Crippen molar-refractivity contribution in [3.8, 4) is 0 Å². The smallest absolute Gasteiger partial charge is 0.225 e. The van der Waals surface area contributed by atoms with Gasteiger partial charge in [0.2, 0.25) is 11.8 Å². The maximum absolute atomic E-state index is 13.9. The Morgan fingerprint density at radius 3 is 2.59 bits per heavy atom. The average molecular weight is 370 g/mol. The molecule has 2 aromatic carbocycles. The third-order valence-electron chi connectivity index (χ3n) is 4.69. The van der Waals surface area contributed by atoms with Crippen molar-refractivity contribution in [1.82, 2.24) is 9.80 Å². The second-order valence-corrected chi connectivity index (χ2v) is 6.58. The zero-order valence-corrected chi connectivity index (χ0v) is 15.2. The molecule has 0 aliphatic carbocycles. The summed E-state index contributed by atoms with van der Waals surface area (Å²) in [5.41, 5.74) is 2.09. The molecule has 1 aliphatic heterocycles. The monoisotopic (exact) mass is 370 g/mol. The lowest BCUT2D eigenvalue weighted by molar-refractivity contribution is -0.134. The van der Waals surface area contributed by atoms with Crippen LogP contribution in [0.1, 0.15) is 36.1 Å². The van der Waals surface area contributed by atoms with Gasteiger partial charge in [0.25, 0.3) is 0 Å². The van der Waals surface area contributed by atoms with Crippen LogP contribution in [0.3, 0.4) is 0 Å². The molecular formula is C21H20F2N2O2. The average Bonchev–Trinajstić information content (AvgIpc) is 2.63. The highest BCUT2D eigenvalue weighted by Crippen LogP contribution is 2.33. The fourth-order valence-corrected chi connectivity index (χ4v) is 3.23. The molecule has 27 heavy (non-hydrogen) atoms. The van der Waals surface area contributed by atoms with Crippen LogP contribution < -0.4 is 0 Å². The van der Waals surface area contributed by atoms with Crippen LogP contribution in [0.2, 0.25) is 0 Å². The van der Waals surface area contributed by atoms with E-state index in [0.29, 0.717) is 0 Å². The first-order valence-electron chi connectivity index (χ1n) is 8.60. The topological polar surface area (TPSA) is 40.6 Å². The van der Waals surface area contributed by atoms with Gasteiger partial charge in [-0.3, -0.25) is 9.59 Å². The molecule has 0 saturated heterocycles. The summed E-state index contributed by atoms with van der Waals surface area (Å²) in [7, 11) is 1.56. The zero-order chi connectivity index (χ0) is 19.6. The Balaban J connectivity index is 1.78. The predicted molar refractivity (Wildman–Crippen MR) is 98.2 cm³/mol. The highest BCUT2D eigenvalue weighted by molar-refractivity contribution is 5.81. The maximum atomic E-state index is 13.9. The minimum absolute atomic E-state index is 0.0230. The molecule has 0 fully saturated rings. The largest absolute Gasteiger partial charge is 0.341 e. The number of carbonyl (C=O) groups is 2. The van der Waals surface area contributed by atoms with Gasteiger partial charge in [-0.15, -0.1) is 0 Å². The Morgan fingerprint density at radius 2 is 1.89 bits per heavy atom. The van der Waals surface area contributed by atoms with Gasteiger partial charge in [-0.05, 0) is 23.3 Å². The fourth-order valence-electron chi connectivity index (χ4n) is 3.23. The van der Waals surface area contributed by atoms with Crippen LogP contribution in [-0.4, -0.2) is 28.7 Å². The summed E-state index contributed by atoms with van der Waals surface area (Å²) in [5.74, 6) is -1.75. The molecule has 1 aliphatic rings. The van der Waals surface area contributed by atoms with Gasteiger partial charge in [0.15, 0.2) is 0 Å². The molecule has 2 amide bonds. The summed E-state index contributed by atoms with van der Waals surface area (Å²) in [6, 6.07) is 10.5. The first kappa shape index (κ1) is 18.8. The molecule has 1 atom stereocenters. The number of nitrogens with zero attached hydrogens (tertiary/aromatic N) is 2. The van der Waals surface area contributed by atoms with E-state index in [-0.39, 0.29) is 30.3 Å². The van der Waals surface area contributed by atoms with Crippen molar-refractivity contribution < 1.29 is 18.4 Å². The molecule has 1 heterocycles. The van der Waals surface area contributed by atoms with Gasteiger partial charge >= 0.3 is 0 Å². The van der Waals surface area contributed by atoms with E-state index in [0.717, 1.165) is 23.3 Å². The summed E-state index contributed by atoms with van der Waals surface area (Å²) in [4.78, 5) is 27.7. The quantitative estimate of drug-likeness (QED) is 0.819. The van der Waals surface area contributed by atoms with E-state index >= 15 is 0 Å². The summed E-state index contributed by atoms with van der Waals surface area (Å²) in [5, 5.41) is 0. The number of hydrogen-bond donors (Lipinski definition) is 0. The van der Waals surface area contributed by atoms with Crippen LogP contribution in [0, 0.1) is 11.6 Å². The van der Waals surface area contributed by atoms with Gasteiger partial charge < -0.3 is 9.80 Å². The SMILES string of the molecule is CC(=O)N1C=Cc2ccccc2C1CC(=O)N(C)Cc1ccc(F)cc1F. The minimum Gasteiger partial charge on any atom is -0.341 e. The van der Waals surface area contributed by atoms with Crippen molar-refractivity contribution in [2.45, 2.75) is 25.9 Å². The molecule has 140 valence electrons. The summed E-state index contributed by atoms with van der Waals surface area (Å²) < 4.78 is 26.9. The van der Waals surface area contributed by atoms with E-state index in [4.69, 9.17) is 0 Å². The van der Waals surface area contributed by atoms with Crippen LogP contribution in [0.5, 0.6) is 0 Å². The van der Waals surface area contributed by atoms with E-state index in [2.05, 4.69) is 0 Å². The zero-order valence-electron chi connectivity index (χ0n) is 15.2. The van der Waals surface area contributed by atoms with E-state index in [1.807, 2.05) is 30.3 Å². The third-order valence-corrected chi connectivity index (χ3v) is 4.69. The predicted octanol–water partition coefficient (Wildman–Crippen LogP) is 3.89. The molecule has 0 radical (unpaired) electrons. The van der Waals surface area contributed by atoms with Crippen LogP contribution in [0.25, 0.3) is 6.08 Å². The third kappa shape index (κ3) is 4.05. The van der Waals surface area contributed by atoms with E-state index in [9.17, 15) is 18.4 Å². The molecule has 0 saturated carbocycles. The number of hydrogen-bond acceptors (Lipinski definition) is 2. The van der Waals surface area contributed by atoms with Gasteiger partial charge in [0.05, 0.1) is 12.5 Å². The molecular weight excluding hydrogens is 350 g/mol. The number of benzene rings is 2. The van der Waals surface area contributed by atoms with E-state index in [1.165, 1.54) is 22.8 Å². The van der Waals surface area contributed by atoms with Crippen molar-refractivity contribution in [1.29, 1.82) is 0 Å². The highest BCUT2D eigenvalue weighted by atomic mass is 19.1. The number of rotatable bonds is 4. The van der Waals surface area contributed by atoms with Crippen LogP contribution in [0.4, 0.5) is 8.78 Å². The van der Waals surface area contributed by atoms with E-state index in [1.54, 1.807) is 13.2 Å². The van der Waals surface area contributed by atoms with Gasteiger partial charge in [-0.25, -0.2) is 8.78 Å². The van der Waals surface area contributed by atoms with Crippen molar-refractivity contribution in [3.05, 3.63) is 77.0 Å². The number of amides is 2. The molecule has 2 aromatic rings. The molecule has 0 N–H and O–H groups in total. The summed E-state index contributed by atoms with van der Waals surface area (Å²) in [6.07, 6.45) is 3.60. The minimum atomic E-state index is -0.689. The lowest BCUT2D eigenvalue weighted by atomic mass is 9.93. The van der Waals surface area contributed by atoms with Gasteiger partial charge in [-0.1, -0.05) is 30.3 Å². The maximum Gasteiger partial charge on any atom is 0.225 e. The first-order chi connectivity index (χ1) is 12.9. The normalized spacial score (nSPS) is 15.4. The molecule has 0 spiro atoms. The van der Waals surface area contributed by atoms with Gasteiger partial charge in [-0.2, -0.15) is 0 Å². The molecule has 6 heteroatoms. The summed E-state index contributed by atoms with van der Waals surface area (Å²) in [6.45, 7) is 1.47. The second-order valence-electron chi connectivity index (χ2n) is 6.58. The van der Waals surface area contributed by atoms with Crippen LogP contribution >= 0.6 is 0 Å².